The van der Waals surface area contributed by atoms with Gasteiger partial charge in [0.05, 0.1) is 18.8 Å². The number of carboxylic acid groups (broad SMARTS) is 1. The van der Waals surface area contributed by atoms with Gasteiger partial charge >= 0.3 is 5.97 Å². The molecule has 11 nitrogen and oxygen atoms in total. The Kier molecular flexibility index (Phi) is 10.5. The van der Waals surface area contributed by atoms with Crippen LogP contribution in [0.15, 0.2) is 0 Å². The first-order valence-electron chi connectivity index (χ1n) is 8.64. The first kappa shape index (κ1) is 24.8. The van der Waals surface area contributed by atoms with Gasteiger partial charge in [-0.05, 0) is 19.8 Å². The Balaban J connectivity index is 5.29. The minimum atomic E-state index is -1.55. The van der Waals surface area contributed by atoms with Crippen LogP contribution in [0.3, 0.4) is 0 Å². The summed E-state index contributed by atoms with van der Waals surface area (Å²) in [6.07, 6.45) is -0.879. The first-order valence-corrected chi connectivity index (χ1v) is 8.64. The summed E-state index contributed by atoms with van der Waals surface area (Å²) in [5, 5.41) is 34.7. The zero-order valence-electron chi connectivity index (χ0n) is 15.9. The zero-order valence-corrected chi connectivity index (χ0v) is 15.9. The van der Waals surface area contributed by atoms with E-state index in [4.69, 9.17) is 10.8 Å². The highest BCUT2D eigenvalue weighted by Gasteiger charge is 2.33. The lowest BCUT2D eigenvalue weighted by Gasteiger charge is -2.28. The number of carboxylic acids is 1. The maximum atomic E-state index is 12.5. The molecule has 0 spiro atoms. The zero-order chi connectivity index (χ0) is 21.3. The highest BCUT2D eigenvalue weighted by molar-refractivity contribution is 5.94. The molecule has 0 aromatic heterocycles. The van der Waals surface area contributed by atoms with Crippen LogP contribution in [-0.4, -0.2) is 75.9 Å². The lowest BCUT2D eigenvalue weighted by Crippen LogP contribution is -2.60. The van der Waals surface area contributed by atoms with E-state index in [0.717, 1.165) is 0 Å². The summed E-state index contributed by atoms with van der Waals surface area (Å²) in [5.74, 6) is -4.10. The second kappa shape index (κ2) is 11.5. The van der Waals surface area contributed by atoms with E-state index < -0.39 is 60.6 Å². The van der Waals surface area contributed by atoms with Crippen molar-refractivity contribution in [1.82, 2.24) is 16.0 Å². The predicted molar refractivity (Wildman–Crippen MR) is 95.3 cm³/mol. The van der Waals surface area contributed by atoms with E-state index in [1.54, 1.807) is 13.8 Å². The molecular formula is C16H30N4O7. The van der Waals surface area contributed by atoms with Gasteiger partial charge in [0.25, 0.3) is 0 Å². The van der Waals surface area contributed by atoms with Crippen LogP contribution in [0.1, 0.15) is 34.1 Å². The average molecular weight is 390 g/mol. The van der Waals surface area contributed by atoms with Gasteiger partial charge < -0.3 is 37.0 Å². The van der Waals surface area contributed by atoms with Crippen molar-refractivity contribution in [2.45, 2.75) is 64.4 Å². The van der Waals surface area contributed by atoms with E-state index in [0.29, 0.717) is 6.42 Å². The van der Waals surface area contributed by atoms with Gasteiger partial charge in [-0.3, -0.25) is 14.4 Å². The van der Waals surface area contributed by atoms with E-state index in [-0.39, 0.29) is 5.92 Å². The summed E-state index contributed by atoms with van der Waals surface area (Å²) in [5.41, 5.74) is 5.40. The minimum Gasteiger partial charge on any atom is -0.480 e. The largest absolute Gasteiger partial charge is 0.480 e. The number of amides is 3. The summed E-state index contributed by atoms with van der Waals surface area (Å²) >= 11 is 0. The second-order valence-electron chi connectivity index (χ2n) is 6.47. The van der Waals surface area contributed by atoms with Crippen molar-refractivity contribution in [2.75, 3.05) is 6.61 Å². The van der Waals surface area contributed by atoms with Gasteiger partial charge in [0.1, 0.15) is 12.1 Å². The van der Waals surface area contributed by atoms with Crippen molar-refractivity contribution in [3.63, 3.8) is 0 Å². The molecule has 156 valence electrons. The van der Waals surface area contributed by atoms with Gasteiger partial charge in [-0.2, -0.15) is 0 Å². The molecule has 0 aliphatic rings. The van der Waals surface area contributed by atoms with Gasteiger partial charge in [0.15, 0.2) is 6.04 Å². The average Bonchev–Trinajstić information content (AvgIpc) is 2.59. The summed E-state index contributed by atoms with van der Waals surface area (Å²) in [4.78, 5) is 47.6. The van der Waals surface area contributed by atoms with Crippen LogP contribution in [0, 0.1) is 5.92 Å². The Morgan fingerprint density at radius 2 is 1.44 bits per heavy atom. The van der Waals surface area contributed by atoms with Crippen LogP contribution in [0.4, 0.5) is 0 Å². The van der Waals surface area contributed by atoms with Crippen molar-refractivity contribution in [3.8, 4) is 0 Å². The van der Waals surface area contributed by atoms with Crippen molar-refractivity contribution in [1.29, 1.82) is 0 Å². The molecule has 8 N–H and O–H groups in total. The molecule has 0 aliphatic heterocycles. The number of hydrogen-bond donors (Lipinski definition) is 7. The fourth-order valence-corrected chi connectivity index (χ4v) is 2.08. The molecule has 0 aliphatic carbocycles. The van der Waals surface area contributed by atoms with Crippen molar-refractivity contribution < 1.29 is 34.5 Å². The van der Waals surface area contributed by atoms with E-state index in [1.807, 2.05) is 0 Å². The number of aliphatic hydroxyl groups is 2. The number of carbonyl (C=O) groups is 4. The van der Waals surface area contributed by atoms with Crippen molar-refractivity contribution in [3.05, 3.63) is 0 Å². The number of carbonyl (C=O) groups excluding carboxylic acids is 3. The lowest BCUT2D eigenvalue weighted by molar-refractivity contribution is -0.145. The first-order chi connectivity index (χ1) is 12.5. The number of aliphatic hydroxyl groups excluding tert-OH is 2. The highest BCUT2D eigenvalue weighted by atomic mass is 16.4. The molecule has 0 heterocycles. The molecule has 27 heavy (non-hydrogen) atoms. The quantitative estimate of drug-likeness (QED) is 0.198. The summed E-state index contributed by atoms with van der Waals surface area (Å²) in [6, 6.07) is -4.91. The number of rotatable bonds is 11. The maximum absolute atomic E-state index is 12.5. The third kappa shape index (κ3) is 7.89. The Labute approximate surface area is 157 Å². The van der Waals surface area contributed by atoms with Gasteiger partial charge in [-0.1, -0.05) is 20.3 Å². The Hall–Kier alpha value is -2.24. The van der Waals surface area contributed by atoms with Crippen LogP contribution in [-0.2, 0) is 19.2 Å². The fourth-order valence-electron chi connectivity index (χ4n) is 2.08. The smallest absolute Gasteiger partial charge is 0.328 e. The minimum absolute atomic E-state index is 0.388. The summed E-state index contributed by atoms with van der Waals surface area (Å²) in [7, 11) is 0. The Bertz CT molecular complexity index is 539. The molecule has 0 aromatic carbocycles. The molecule has 6 unspecified atom stereocenters. The van der Waals surface area contributed by atoms with E-state index in [1.165, 1.54) is 13.8 Å². The van der Waals surface area contributed by atoms with Gasteiger partial charge in [-0.15, -0.1) is 0 Å². The molecular weight excluding hydrogens is 360 g/mol. The van der Waals surface area contributed by atoms with E-state index in [9.17, 15) is 29.4 Å². The van der Waals surface area contributed by atoms with Crippen LogP contribution >= 0.6 is 0 Å². The van der Waals surface area contributed by atoms with Crippen LogP contribution in [0.25, 0.3) is 0 Å². The predicted octanol–water partition coefficient (Wildman–Crippen LogP) is -2.71. The number of nitrogens with two attached hydrogens (primary N) is 1. The molecule has 0 bridgehead atoms. The van der Waals surface area contributed by atoms with E-state index in [2.05, 4.69) is 16.0 Å². The Morgan fingerprint density at radius 1 is 0.926 bits per heavy atom. The van der Waals surface area contributed by atoms with Gasteiger partial charge in [0, 0.05) is 0 Å². The standard InChI is InChI=1S/C16H30N4O7/c1-5-7(2)11(15(25)20-12(9(4)22)16(26)27)19-14(24)10(6-21)18-13(23)8(3)17/h7-12,21-22H,5-6,17H2,1-4H3,(H,18,23)(H,19,24)(H,20,25)(H,26,27). The molecule has 0 rings (SSSR count). The number of nitrogens with one attached hydrogen (secondary N) is 3. The van der Waals surface area contributed by atoms with Crippen LogP contribution in [0.5, 0.6) is 0 Å². The normalized spacial score (nSPS) is 17.6. The Morgan fingerprint density at radius 3 is 1.81 bits per heavy atom. The maximum Gasteiger partial charge on any atom is 0.328 e. The van der Waals surface area contributed by atoms with Crippen molar-refractivity contribution >= 4 is 23.7 Å². The molecule has 0 saturated carbocycles. The molecule has 0 aromatic rings. The molecule has 0 fully saturated rings. The van der Waals surface area contributed by atoms with E-state index >= 15 is 0 Å². The van der Waals surface area contributed by atoms with Gasteiger partial charge in [0.2, 0.25) is 17.7 Å². The van der Waals surface area contributed by atoms with Crippen LogP contribution < -0.4 is 21.7 Å². The molecule has 0 saturated heterocycles. The number of hydrogen-bond acceptors (Lipinski definition) is 7. The summed E-state index contributed by atoms with van der Waals surface area (Å²) in [6.45, 7) is 5.32. The third-order valence-electron chi connectivity index (χ3n) is 4.07. The fraction of sp³-hybridized carbons (Fsp3) is 0.750. The van der Waals surface area contributed by atoms with Crippen LogP contribution in [0.2, 0.25) is 0 Å². The molecule has 11 heteroatoms. The molecule has 6 atom stereocenters. The van der Waals surface area contributed by atoms with Crippen molar-refractivity contribution in [2.24, 2.45) is 11.7 Å². The molecule has 3 amide bonds. The SMILES string of the molecule is CCC(C)C(NC(=O)C(CO)NC(=O)C(C)N)C(=O)NC(C(=O)O)C(C)O. The third-order valence-corrected chi connectivity index (χ3v) is 4.07. The molecule has 0 radical (unpaired) electrons. The topological polar surface area (TPSA) is 191 Å². The highest BCUT2D eigenvalue weighted by Crippen LogP contribution is 2.09. The second-order valence-corrected chi connectivity index (χ2v) is 6.47. The lowest BCUT2D eigenvalue weighted by atomic mass is 9.97. The monoisotopic (exact) mass is 390 g/mol. The summed E-state index contributed by atoms with van der Waals surface area (Å²) < 4.78 is 0. The van der Waals surface area contributed by atoms with Gasteiger partial charge in [-0.25, -0.2) is 4.79 Å². The number of aliphatic carboxylic acids is 1.